The van der Waals surface area contributed by atoms with E-state index in [0.29, 0.717) is 6.07 Å². The number of sulfonamides is 2. The Balaban J connectivity index is 2.19. The maximum Gasteiger partial charge on any atom is 0.243 e. The number of hydrogen-bond acceptors (Lipinski definition) is 4. The number of benzene rings is 1. The number of nitrogens with two attached hydrogens (primary N) is 1. The van der Waals surface area contributed by atoms with Gasteiger partial charge >= 0.3 is 0 Å². The third-order valence-corrected chi connectivity index (χ3v) is 5.93. The highest BCUT2D eigenvalue weighted by molar-refractivity contribution is 7.89. The van der Waals surface area contributed by atoms with Gasteiger partial charge in [-0.15, -0.1) is 0 Å². The average molecular weight is 336 g/mol. The fourth-order valence-electron chi connectivity index (χ4n) is 2.40. The molecule has 3 N–H and O–H groups in total. The molecule has 118 valence electrons. The lowest BCUT2D eigenvalue weighted by Gasteiger charge is -2.12. The number of rotatable bonds is 5. The van der Waals surface area contributed by atoms with Gasteiger partial charge in [0.05, 0.1) is 4.90 Å². The van der Waals surface area contributed by atoms with Crippen LogP contribution in [0.1, 0.15) is 25.7 Å². The Bertz CT molecular complexity index is 726. The van der Waals surface area contributed by atoms with Crippen LogP contribution >= 0.6 is 0 Å². The molecule has 0 atom stereocenters. The van der Waals surface area contributed by atoms with E-state index >= 15 is 0 Å². The first-order chi connectivity index (χ1) is 9.70. The van der Waals surface area contributed by atoms with E-state index in [1.165, 1.54) is 0 Å². The maximum atomic E-state index is 13.8. The Labute approximate surface area is 123 Å². The van der Waals surface area contributed by atoms with Crippen molar-refractivity contribution >= 4 is 20.0 Å². The van der Waals surface area contributed by atoms with E-state index in [9.17, 15) is 21.2 Å². The van der Waals surface area contributed by atoms with Crippen LogP contribution in [0.15, 0.2) is 28.0 Å². The molecular weight excluding hydrogens is 319 g/mol. The van der Waals surface area contributed by atoms with E-state index in [0.717, 1.165) is 37.8 Å². The monoisotopic (exact) mass is 336 g/mol. The zero-order chi connectivity index (χ0) is 15.7. The molecule has 1 fully saturated rings. The standard InChI is InChI=1S/C12H17FN2O4S2/c13-11-7-10(20(14,16)17)5-6-12(11)21(18,19)15-8-9-3-1-2-4-9/h5-7,9,15H,1-4,8H2,(H2,14,16,17). The highest BCUT2D eigenvalue weighted by atomic mass is 32.2. The van der Waals surface area contributed by atoms with Crippen LogP contribution < -0.4 is 9.86 Å². The van der Waals surface area contributed by atoms with Gasteiger partial charge in [0.15, 0.2) is 0 Å². The van der Waals surface area contributed by atoms with Crippen molar-refractivity contribution in [2.45, 2.75) is 35.5 Å². The maximum absolute atomic E-state index is 13.8. The van der Waals surface area contributed by atoms with Crippen molar-refractivity contribution in [3.8, 4) is 0 Å². The Hall–Kier alpha value is -1.03. The van der Waals surface area contributed by atoms with Gasteiger partial charge < -0.3 is 0 Å². The molecule has 0 amide bonds. The summed E-state index contributed by atoms with van der Waals surface area (Å²) in [5, 5.41) is 4.87. The first-order valence-corrected chi connectivity index (χ1v) is 9.55. The van der Waals surface area contributed by atoms with Crippen LogP contribution in [0.2, 0.25) is 0 Å². The topological polar surface area (TPSA) is 106 Å². The quantitative estimate of drug-likeness (QED) is 0.834. The second-order valence-corrected chi connectivity index (χ2v) is 8.44. The molecule has 1 aromatic rings. The molecule has 21 heavy (non-hydrogen) atoms. The molecule has 1 aliphatic carbocycles. The first kappa shape index (κ1) is 16.3. The van der Waals surface area contributed by atoms with Gasteiger partial charge in [-0.3, -0.25) is 0 Å². The largest absolute Gasteiger partial charge is 0.243 e. The van der Waals surface area contributed by atoms with E-state index in [1.54, 1.807) is 0 Å². The Morgan fingerprint density at radius 2 is 1.81 bits per heavy atom. The van der Waals surface area contributed by atoms with Crippen LogP contribution in [-0.4, -0.2) is 23.4 Å². The highest BCUT2D eigenvalue weighted by Gasteiger charge is 2.23. The van der Waals surface area contributed by atoms with Crippen LogP contribution in [-0.2, 0) is 20.0 Å². The molecule has 0 aliphatic heterocycles. The summed E-state index contributed by atoms with van der Waals surface area (Å²) in [6.45, 7) is 0.263. The molecule has 1 aromatic carbocycles. The van der Waals surface area contributed by atoms with Crippen molar-refractivity contribution in [1.29, 1.82) is 0 Å². The average Bonchev–Trinajstić information content (AvgIpc) is 2.88. The van der Waals surface area contributed by atoms with Crippen LogP contribution in [0.5, 0.6) is 0 Å². The number of halogens is 1. The highest BCUT2D eigenvalue weighted by Crippen LogP contribution is 2.25. The lowest BCUT2D eigenvalue weighted by Crippen LogP contribution is -2.29. The predicted molar refractivity (Wildman–Crippen MR) is 74.9 cm³/mol. The normalized spacial score (nSPS) is 17.2. The second-order valence-electron chi connectivity index (χ2n) is 5.14. The van der Waals surface area contributed by atoms with E-state index < -0.39 is 35.7 Å². The molecular formula is C12H17FN2O4S2. The molecule has 9 heteroatoms. The number of hydrogen-bond donors (Lipinski definition) is 2. The molecule has 0 unspecified atom stereocenters. The SMILES string of the molecule is NS(=O)(=O)c1ccc(S(=O)(=O)NCC2CCCC2)c(F)c1. The first-order valence-electron chi connectivity index (χ1n) is 6.52. The van der Waals surface area contributed by atoms with Gasteiger partial charge in [0.2, 0.25) is 20.0 Å². The molecule has 1 saturated carbocycles. The summed E-state index contributed by atoms with van der Waals surface area (Å²) < 4.78 is 62.5. The van der Waals surface area contributed by atoms with Crippen molar-refractivity contribution in [1.82, 2.24) is 4.72 Å². The van der Waals surface area contributed by atoms with Gasteiger partial charge in [0, 0.05) is 6.54 Å². The van der Waals surface area contributed by atoms with Crippen molar-refractivity contribution in [2.75, 3.05) is 6.54 Å². The van der Waals surface area contributed by atoms with E-state index in [-0.39, 0.29) is 12.5 Å². The lowest BCUT2D eigenvalue weighted by molar-refractivity contribution is 0.513. The summed E-state index contributed by atoms with van der Waals surface area (Å²) in [7, 11) is -8.07. The molecule has 0 spiro atoms. The Morgan fingerprint density at radius 3 is 2.33 bits per heavy atom. The third kappa shape index (κ3) is 4.00. The van der Waals surface area contributed by atoms with Gasteiger partial charge in [-0.25, -0.2) is 31.1 Å². The molecule has 0 saturated heterocycles. The fraction of sp³-hybridized carbons (Fsp3) is 0.500. The van der Waals surface area contributed by atoms with Gasteiger partial charge in [0.25, 0.3) is 0 Å². The van der Waals surface area contributed by atoms with E-state index in [1.807, 2.05) is 0 Å². The molecule has 0 radical (unpaired) electrons. The summed E-state index contributed by atoms with van der Waals surface area (Å²) in [5.74, 6) is -0.869. The Kier molecular flexibility index (Phi) is 4.66. The van der Waals surface area contributed by atoms with Crippen LogP contribution in [0.25, 0.3) is 0 Å². The van der Waals surface area contributed by atoms with E-state index in [4.69, 9.17) is 5.14 Å². The molecule has 6 nitrogen and oxygen atoms in total. The minimum absolute atomic E-state index is 0.263. The third-order valence-electron chi connectivity index (χ3n) is 3.56. The minimum atomic E-state index is -4.07. The van der Waals surface area contributed by atoms with Crippen LogP contribution in [0.4, 0.5) is 4.39 Å². The van der Waals surface area contributed by atoms with Gasteiger partial charge in [-0.2, -0.15) is 0 Å². The fourth-order valence-corrected chi connectivity index (χ4v) is 4.10. The van der Waals surface area contributed by atoms with Crippen molar-refractivity contribution < 1.29 is 21.2 Å². The van der Waals surface area contributed by atoms with Gasteiger partial charge in [-0.05, 0) is 37.0 Å². The number of nitrogens with one attached hydrogen (secondary N) is 1. The Morgan fingerprint density at radius 1 is 1.19 bits per heavy atom. The summed E-state index contributed by atoms with van der Waals surface area (Å²) in [6.07, 6.45) is 4.05. The predicted octanol–water partition coefficient (Wildman–Crippen LogP) is 0.942. The zero-order valence-corrected chi connectivity index (χ0v) is 12.9. The summed E-state index contributed by atoms with van der Waals surface area (Å²) >= 11 is 0. The van der Waals surface area contributed by atoms with Crippen LogP contribution in [0.3, 0.4) is 0 Å². The zero-order valence-electron chi connectivity index (χ0n) is 11.2. The minimum Gasteiger partial charge on any atom is -0.225 e. The molecule has 0 bridgehead atoms. The molecule has 0 aromatic heterocycles. The molecule has 1 aliphatic rings. The summed E-state index contributed by atoms with van der Waals surface area (Å²) in [6, 6.07) is 2.49. The van der Waals surface area contributed by atoms with Crippen LogP contribution in [0, 0.1) is 11.7 Å². The number of primary sulfonamides is 1. The smallest absolute Gasteiger partial charge is 0.225 e. The molecule has 2 rings (SSSR count). The van der Waals surface area contributed by atoms with E-state index in [2.05, 4.69) is 4.72 Å². The van der Waals surface area contributed by atoms with Crippen molar-refractivity contribution in [2.24, 2.45) is 11.1 Å². The summed E-state index contributed by atoms with van der Waals surface area (Å²) in [5.41, 5.74) is 0. The van der Waals surface area contributed by atoms with Gasteiger partial charge in [0.1, 0.15) is 10.7 Å². The van der Waals surface area contributed by atoms with Gasteiger partial charge in [-0.1, -0.05) is 12.8 Å². The van der Waals surface area contributed by atoms with Crippen molar-refractivity contribution in [3.63, 3.8) is 0 Å². The lowest BCUT2D eigenvalue weighted by atomic mass is 10.1. The summed E-state index contributed by atoms with van der Waals surface area (Å²) in [4.78, 5) is -1.04. The molecule has 0 heterocycles. The van der Waals surface area contributed by atoms with Crippen molar-refractivity contribution in [3.05, 3.63) is 24.0 Å². The second kappa shape index (κ2) is 5.99.